The van der Waals surface area contributed by atoms with E-state index < -0.39 is 10.1 Å². The molecule has 0 aromatic heterocycles. The molecule has 0 spiro atoms. The van der Waals surface area contributed by atoms with Crippen LogP contribution in [-0.2, 0) is 16.5 Å². The Hall–Kier alpha value is -0.414. The number of aryl methyl sites for hydroxylation is 1. The van der Waals surface area contributed by atoms with Crippen LogP contribution in [0.3, 0.4) is 0 Å². The second kappa shape index (κ2) is 15.4. The summed E-state index contributed by atoms with van der Waals surface area (Å²) in [5, 5.41) is 12.3. The van der Waals surface area contributed by atoms with Gasteiger partial charge in [0.15, 0.2) is 0 Å². The van der Waals surface area contributed by atoms with Gasteiger partial charge in [-0.2, -0.15) is 8.42 Å². The first kappa shape index (κ1) is 28.6. The van der Waals surface area contributed by atoms with Crippen LogP contribution in [0.25, 0.3) is 0 Å². The topological polar surface area (TPSA) is 86.7 Å². The maximum atomic E-state index is 12.3. The molecule has 0 aliphatic carbocycles. The van der Waals surface area contributed by atoms with Gasteiger partial charge < -0.3 is 9.84 Å². The van der Waals surface area contributed by atoms with Crippen LogP contribution in [0.4, 0.5) is 0 Å². The molecule has 0 radical (unpaired) electrons. The summed E-state index contributed by atoms with van der Waals surface area (Å²) in [5.41, 5.74) is 0.795. The predicted molar refractivity (Wildman–Crippen MR) is 118 cm³/mol. The molecule has 2 aromatic carbocycles. The van der Waals surface area contributed by atoms with Crippen LogP contribution in [0, 0.1) is 0 Å². The van der Waals surface area contributed by atoms with Gasteiger partial charge in [-0.1, -0.05) is 76.3 Å². The van der Waals surface area contributed by atoms with E-state index in [2.05, 4.69) is 6.92 Å². The second-order valence-corrected chi connectivity index (χ2v) is 9.17. The minimum Gasteiger partial charge on any atom is -0.872 e. The standard InChI is InChI=1S/C24H34O5S.K/c1-2-3-4-5-6-7-8-9-10-11-12-20-13-14-22(19-24(20)25)29-21-15-17-23(18-16-21)30(26,27)28;/h13-19,25H,2-12H2,1H3,(H,26,27,28);/q;+1/p-1. The molecule has 0 fully saturated rings. The van der Waals surface area contributed by atoms with Crippen molar-refractivity contribution in [2.45, 2.75) is 82.4 Å². The summed E-state index contributed by atoms with van der Waals surface area (Å²) in [6, 6.07) is 10.4. The molecule has 0 amide bonds. The number of hydrogen-bond donors (Lipinski definition) is 1. The van der Waals surface area contributed by atoms with Crippen LogP contribution in [-0.4, -0.2) is 13.0 Å². The number of hydrogen-bond acceptors (Lipinski definition) is 4. The van der Waals surface area contributed by atoms with Gasteiger partial charge in [0, 0.05) is 0 Å². The molecule has 166 valence electrons. The Labute approximate surface area is 229 Å². The third kappa shape index (κ3) is 11.3. The number of ether oxygens (including phenoxy) is 1. The fourth-order valence-electron chi connectivity index (χ4n) is 3.42. The van der Waals surface area contributed by atoms with E-state index in [4.69, 9.17) is 9.29 Å². The monoisotopic (exact) mass is 472 g/mol. The van der Waals surface area contributed by atoms with E-state index in [9.17, 15) is 13.5 Å². The maximum Gasteiger partial charge on any atom is 1.00 e. The van der Waals surface area contributed by atoms with Gasteiger partial charge >= 0.3 is 51.4 Å². The van der Waals surface area contributed by atoms with Crippen molar-refractivity contribution in [1.29, 1.82) is 0 Å². The minimum absolute atomic E-state index is 0. The molecule has 0 bridgehead atoms. The number of rotatable bonds is 14. The van der Waals surface area contributed by atoms with Crippen LogP contribution in [0.15, 0.2) is 47.4 Å². The van der Waals surface area contributed by atoms with Crippen molar-refractivity contribution in [2.24, 2.45) is 0 Å². The first-order valence-electron chi connectivity index (χ1n) is 11.0. The van der Waals surface area contributed by atoms with Crippen molar-refractivity contribution in [1.82, 2.24) is 0 Å². The molecule has 1 N–H and O–H groups in total. The SMILES string of the molecule is CCCCCCCCCCCCc1ccc(Oc2ccc(S(=O)(=O)O)cc2)cc1[O-].[K+]. The van der Waals surface area contributed by atoms with Crippen molar-refractivity contribution in [3.05, 3.63) is 48.0 Å². The van der Waals surface area contributed by atoms with E-state index in [1.54, 1.807) is 12.1 Å². The smallest absolute Gasteiger partial charge is 0.872 e. The van der Waals surface area contributed by atoms with Crippen molar-refractivity contribution >= 4 is 10.1 Å². The molecule has 31 heavy (non-hydrogen) atoms. The molecule has 0 saturated carbocycles. The summed E-state index contributed by atoms with van der Waals surface area (Å²) in [4.78, 5) is -0.203. The van der Waals surface area contributed by atoms with Crippen LogP contribution >= 0.6 is 0 Å². The van der Waals surface area contributed by atoms with Gasteiger partial charge in [0.2, 0.25) is 0 Å². The van der Waals surface area contributed by atoms with Crippen LogP contribution in [0.5, 0.6) is 17.2 Å². The zero-order valence-electron chi connectivity index (χ0n) is 18.8. The van der Waals surface area contributed by atoms with E-state index in [-0.39, 0.29) is 62.0 Å². The van der Waals surface area contributed by atoms with Gasteiger partial charge in [-0.25, -0.2) is 0 Å². The molecule has 2 rings (SSSR count). The van der Waals surface area contributed by atoms with Crippen LogP contribution < -0.4 is 61.2 Å². The van der Waals surface area contributed by atoms with E-state index in [1.807, 2.05) is 0 Å². The third-order valence-corrected chi connectivity index (χ3v) is 6.06. The molecule has 0 unspecified atom stereocenters. The molecule has 0 saturated heterocycles. The second-order valence-electron chi connectivity index (χ2n) is 7.75. The molecular weight excluding hydrogens is 439 g/mol. The van der Waals surface area contributed by atoms with Crippen molar-refractivity contribution in [3.63, 3.8) is 0 Å². The molecule has 7 heteroatoms. The zero-order valence-corrected chi connectivity index (χ0v) is 22.7. The Balaban J connectivity index is 0.00000480. The molecule has 0 atom stereocenters. The summed E-state index contributed by atoms with van der Waals surface area (Å²) in [5.74, 6) is 0.758. The summed E-state index contributed by atoms with van der Waals surface area (Å²) < 4.78 is 36.7. The van der Waals surface area contributed by atoms with Crippen LogP contribution in [0.1, 0.15) is 76.7 Å². The Kier molecular flexibility index (Phi) is 14.2. The molecule has 0 heterocycles. The fraction of sp³-hybridized carbons (Fsp3) is 0.500. The van der Waals surface area contributed by atoms with Gasteiger partial charge in [0.25, 0.3) is 10.1 Å². The molecule has 0 aliphatic heterocycles. The van der Waals surface area contributed by atoms with Crippen molar-refractivity contribution in [3.8, 4) is 17.2 Å². The van der Waals surface area contributed by atoms with E-state index in [0.717, 1.165) is 24.8 Å². The molecular formula is C24H33KO5S. The fourth-order valence-corrected chi connectivity index (χ4v) is 3.90. The van der Waals surface area contributed by atoms with E-state index in [1.165, 1.54) is 81.7 Å². The average Bonchev–Trinajstić information content (AvgIpc) is 2.70. The first-order chi connectivity index (χ1) is 14.4. The third-order valence-electron chi connectivity index (χ3n) is 5.20. The van der Waals surface area contributed by atoms with Crippen molar-refractivity contribution in [2.75, 3.05) is 0 Å². The van der Waals surface area contributed by atoms with E-state index >= 15 is 0 Å². The maximum absolute atomic E-state index is 12.3. The Morgan fingerprint density at radius 3 is 1.84 bits per heavy atom. The average molecular weight is 473 g/mol. The zero-order chi connectivity index (χ0) is 21.8. The van der Waals surface area contributed by atoms with Gasteiger partial charge in [-0.3, -0.25) is 4.55 Å². The summed E-state index contributed by atoms with van der Waals surface area (Å²) in [7, 11) is -4.23. The largest absolute Gasteiger partial charge is 1.00 e. The minimum atomic E-state index is -4.23. The predicted octanol–water partition coefficient (Wildman–Crippen LogP) is 3.27. The first-order valence-corrected chi connectivity index (χ1v) is 12.4. The summed E-state index contributed by atoms with van der Waals surface area (Å²) in [6.45, 7) is 2.24. The van der Waals surface area contributed by atoms with Crippen LogP contribution in [0.2, 0.25) is 0 Å². The Morgan fingerprint density at radius 1 is 0.806 bits per heavy atom. The van der Waals surface area contributed by atoms with Gasteiger partial charge in [0.1, 0.15) is 11.5 Å². The van der Waals surface area contributed by atoms with Gasteiger partial charge in [-0.15, -0.1) is 5.75 Å². The number of benzene rings is 2. The van der Waals surface area contributed by atoms with E-state index in [0.29, 0.717) is 11.5 Å². The summed E-state index contributed by atoms with van der Waals surface area (Å²) in [6.07, 6.45) is 13.4. The molecule has 2 aromatic rings. The van der Waals surface area contributed by atoms with Crippen molar-refractivity contribution < 1.29 is 74.2 Å². The van der Waals surface area contributed by atoms with Gasteiger partial charge in [-0.05, 0) is 49.2 Å². The Bertz CT molecular complexity index is 866. The normalized spacial score (nSPS) is 11.2. The van der Waals surface area contributed by atoms with Gasteiger partial charge in [0.05, 0.1) is 4.90 Å². The number of unbranched alkanes of at least 4 members (excludes halogenated alkanes) is 9. The quantitative estimate of drug-likeness (QED) is 0.259. The molecule has 0 aliphatic rings. The summed E-state index contributed by atoms with van der Waals surface area (Å²) >= 11 is 0. The molecule has 5 nitrogen and oxygen atoms in total. The Morgan fingerprint density at radius 2 is 1.32 bits per heavy atom.